The minimum atomic E-state index is -4.42. The van der Waals surface area contributed by atoms with Gasteiger partial charge in [0.05, 0.1) is 4.90 Å². The summed E-state index contributed by atoms with van der Waals surface area (Å²) in [6.45, 7) is -0.750. The fourth-order valence-electron chi connectivity index (χ4n) is 2.79. The Morgan fingerprint density at radius 3 is 1.78 bits per heavy atom. The summed E-state index contributed by atoms with van der Waals surface area (Å²) in [6.07, 6.45) is 0. The highest BCUT2D eigenvalue weighted by Crippen LogP contribution is 2.26. The second-order valence-electron chi connectivity index (χ2n) is 5.82. The van der Waals surface area contributed by atoms with Crippen molar-refractivity contribution in [3.05, 3.63) is 59.1 Å². The highest BCUT2D eigenvalue weighted by Gasteiger charge is 2.36. The van der Waals surface area contributed by atoms with E-state index in [0.29, 0.717) is 0 Å². The lowest BCUT2D eigenvalue weighted by atomic mass is 10.3. The number of halogens is 3. The maximum atomic E-state index is 13.9. The van der Waals surface area contributed by atoms with Crippen molar-refractivity contribution in [3.63, 3.8) is 0 Å². The maximum absolute atomic E-state index is 13.9. The molecule has 146 valence electrons. The zero-order chi connectivity index (χ0) is 19.8. The van der Waals surface area contributed by atoms with E-state index in [-0.39, 0.29) is 36.1 Å². The molecule has 1 aliphatic rings. The van der Waals surface area contributed by atoms with E-state index in [0.717, 1.165) is 26.8 Å². The number of hydrogen-bond donors (Lipinski definition) is 0. The molecule has 11 heteroatoms. The Balaban J connectivity index is 1.81. The summed E-state index contributed by atoms with van der Waals surface area (Å²) in [4.78, 5) is -1.04. The molecule has 0 amide bonds. The maximum Gasteiger partial charge on any atom is 0.249 e. The van der Waals surface area contributed by atoms with Crippen LogP contribution in [0.3, 0.4) is 0 Å². The first-order valence-corrected chi connectivity index (χ1v) is 11.1. The molecule has 27 heavy (non-hydrogen) atoms. The molecule has 0 radical (unpaired) electrons. The highest BCUT2D eigenvalue weighted by molar-refractivity contribution is 7.89. The SMILES string of the molecule is O=S(=O)(c1cccc(Cl)c1)N1CCN(S(=O)(=O)c2c(F)cccc2F)CC1. The molecule has 0 saturated carbocycles. The fourth-order valence-corrected chi connectivity index (χ4v) is 6.04. The zero-order valence-corrected chi connectivity index (χ0v) is 16.2. The predicted molar refractivity (Wildman–Crippen MR) is 95.3 cm³/mol. The molecule has 0 N–H and O–H groups in total. The Labute approximate surface area is 161 Å². The van der Waals surface area contributed by atoms with Crippen LogP contribution in [0.1, 0.15) is 0 Å². The Kier molecular flexibility index (Phi) is 5.55. The van der Waals surface area contributed by atoms with Crippen molar-refractivity contribution in [2.45, 2.75) is 9.79 Å². The van der Waals surface area contributed by atoms with Gasteiger partial charge in [-0.25, -0.2) is 25.6 Å². The average Bonchev–Trinajstić information content (AvgIpc) is 2.61. The van der Waals surface area contributed by atoms with Crippen LogP contribution in [0.4, 0.5) is 8.78 Å². The summed E-state index contributed by atoms with van der Waals surface area (Å²) in [6, 6.07) is 8.50. The molecule has 2 aromatic rings. The third kappa shape index (κ3) is 3.85. The van der Waals surface area contributed by atoms with Crippen molar-refractivity contribution in [2.24, 2.45) is 0 Å². The number of nitrogens with zero attached hydrogens (tertiary/aromatic N) is 2. The van der Waals surface area contributed by atoms with Gasteiger partial charge in [0.15, 0.2) is 4.90 Å². The summed E-state index contributed by atoms with van der Waals surface area (Å²) < 4.78 is 80.1. The minimum absolute atomic E-state index is 0.00791. The smallest absolute Gasteiger partial charge is 0.207 e. The molecule has 6 nitrogen and oxygen atoms in total. The quantitative estimate of drug-likeness (QED) is 0.737. The van der Waals surface area contributed by atoms with Crippen molar-refractivity contribution < 1.29 is 25.6 Å². The molecular weight excluding hydrogens is 422 g/mol. The van der Waals surface area contributed by atoms with Gasteiger partial charge in [0.2, 0.25) is 20.0 Å². The normalized spacial score (nSPS) is 17.1. The van der Waals surface area contributed by atoms with E-state index in [1.54, 1.807) is 0 Å². The van der Waals surface area contributed by atoms with E-state index in [1.165, 1.54) is 24.3 Å². The molecule has 1 saturated heterocycles. The number of rotatable bonds is 4. The van der Waals surface area contributed by atoms with Gasteiger partial charge in [-0.05, 0) is 30.3 Å². The molecule has 0 unspecified atom stereocenters. The molecule has 3 rings (SSSR count). The summed E-state index contributed by atoms with van der Waals surface area (Å²) in [7, 11) is -8.28. The summed E-state index contributed by atoms with van der Waals surface area (Å²) in [5, 5.41) is 0.257. The van der Waals surface area contributed by atoms with Crippen LogP contribution in [-0.4, -0.2) is 51.6 Å². The Morgan fingerprint density at radius 1 is 0.778 bits per heavy atom. The Morgan fingerprint density at radius 2 is 1.26 bits per heavy atom. The average molecular weight is 437 g/mol. The monoisotopic (exact) mass is 436 g/mol. The van der Waals surface area contributed by atoms with Crippen LogP contribution in [0.2, 0.25) is 5.02 Å². The molecule has 0 spiro atoms. The van der Waals surface area contributed by atoms with Crippen molar-refractivity contribution >= 4 is 31.6 Å². The number of benzene rings is 2. The molecular formula is C16H15ClF2N2O4S2. The van der Waals surface area contributed by atoms with E-state index in [2.05, 4.69) is 0 Å². The summed E-state index contributed by atoms with van der Waals surface area (Å²) in [5.74, 6) is -2.38. The number of piperazine rings is 1. The summed E-state index contributed by atoms with van der Waals surface area (Å²) >= 11 is 5.83. The lowest BCUT2D eigenvalue weighted by Crippen LogP contribution is -2.50. The van der Waals surface area contributed by atoms with Crippen LogP contribution < -0.4 is 0 Å². The van der Waals surface area contributed by atoms with Crippen LogP contribution >= 0.6 is 11.6 Å². The topological polar surface area (TPSA) is 74.8 Å². The van der Waals surface area contributed by atoms with Crippen LogP contribution in [-0.2, 0) is 20.0 Å². The van der Waals surface area contributed by atoms with E-state index < -0.39 is 36.6 Å². The zero-order valence-electron chi connectivity index (χ0n) is 13.8. The van der Waals surface area contributed by atoms with Crippen LogP contribution in [0.25, 0.3) is 0 Å². The van der Waals surface area contributed by atoms with Gasteiger partial charge >= 0.3 is 0 Å². The highest BCUT2D eigenvalue weighted by atomic mass is 35.5. The minimum Gasteiger partial charge on any atom is -0.207 e. The van der Waals surface area contributed by atoms with Gasteiger partial charge < -0.3 is 0 Å². The van der Waals surface area contributed by atoms with Crippen LogP contribution in [0, 0.1) is 11.6 Å². The van der Waals surface area contributed by atoms with Gasteiger partial charge in [-0.2, -0.15) is 8.61 Å². The van der Waals surface area contributed by atoms with Gasteiger partial charge in [0, 0.05) is 31.2 Å². The largest absolute Gasteiger partial charge is 0.249 e. The first kappa shape index (κ1) is 20.2. The fraction of sp³-hybridized carbons (Fsp3) is 0.250. The Bertz CT molecular complexity index is 1050. The van der Waals surface area contributed by atoms with Crippen molar-refractivity contribution in [1.29, 1.82) is 0 Å². The molecule has 1 fully saturated rings. The van der Waals surface area contributed by atoms with Crippen LogP contribution in [0.15, 0.2) is 52.3 Å². The first-order chi connectivity index (χ1) is 12.6. The lowest BCUT2D eigenvalue weighted by molar-refractivity contribution is 0.271. The molecule has 0 aliphatic carbocycles. The van der Waals surface area contributed by atoms with Gasteiger partial charge in [-0.1, -0.05) is 23.7 Å². The molecule has 0 atom stereocenters. The number of sulfonamides is 2. The Hall–Kier alpha value is -1.59. The second kappa shape index (κ2) is 7.44. The number of hydrogen-bond acceptors (Lipinski definition) is 4. The summed E-state index contributed by atoms with van der Waals surface area (Å²) in [5.41, 5.74) is 0. The molecule has 1 heterocycles. The van der Waals surface area contributed by atoms with E-state index in [1.807, 2.05) is 0 Å². The van der Waals surface area contributed by atoms with Gasteiger partial charge in [0.1, 0.15) is 11.6 Å². The molecule has 0 bridgehead atoms. The van der Waals surface area contributed by atoms with Gasteiger partial charge in [0.25, 0.3) is 0 Å². The van der Waals surface area contributed by atoms with E-state index in [4.69, 9.17) is 11.6 Å². The molecule has 1 aliphatic heterocycles. The van der Waals surface area contributed by atoms with Crippen molar-refractivity contribution in [3.8, 4) is 0 Å². The molecule has 0 aromatic heterocycles. The van der Waals surface area contributed by atoms with Crippen molar-refractivity contribution in [2.75, 3.05) is 26.2 Å². The third-order valence-corrected chi connectivity index (χ3v) is 8.23. The standard InChI is InChI=1S/C16H15ClF2N2O4S2/c17-12-3-1-4-13(11-12)26(22,23)20-7-9-21(10-8-20)27(24,25)16-14(18)5-2-6-15(16)19/h1-6,11H,7-10H2. The molecule has 2 aromatic carbocycles. The van der Waals surface area contributed by atoms with Crippen molar-refractivity contribution in [1.82, 2.24) is 8.61 Å². The first-order valence-electron chi connectivity index (χ1n) is 7.84. The van der Waals surface area contributed by atoms with Gasteiger partial charge in [-0.3, -0.25) is 0 Å². The van der Waals surface area contributed by atoms with E-state index >= 15 is 0 Å². The van der Waals surface area contributed by atoms with Crippen LogP contribution in [0.5, 0.6) is 0 Å². The third-order valence-electron chi connectivity index (χ3n) is 4.15. The van der Waals surface area contributed by atoms with E-state index in [9.17, 15) is 25.6 Å². The lowest BCUT2D eigenvalue weighted by Gasteiger charge is -2.33. The predicted octanol–water partition coefficient (Wildman–Crippen LogP) is 2.31. The second-order valence-corrected chi connectivity index (χ2v) is 10.1. The van der Waals surface area contributed by atoms with Gasteiger partial charge in [-0.15, -0.1) is 0 Å².